The third-order valence-electron chi connectivity index (χ3n) is 3.59. The van der Waals surface area contributed by atoms with E-state index in [2.05, 4.69) is 10.6 Å². The molecule has 0 aromatic heterocycles. The molecule has 136 valence electrons. The monoisotopic (exact) mass is 347 g/mol. The molecule has 0 saturated carbocycles. The van der Waals surface area contributed by atoms with Crippen LogP contribution in [0.1, 0.15) is 34.6 Å². The van der Waals surface area contributed by atoms with Crippen LogP contribution in [0.15, 0.2) is 24.3 Å². The van der Waals surface area contributed by atoms with Crippen molar-refractivity contribution in [2.45, 2.75) is 46.3 Å². The molecule has 1 aromatic carbocycles. The van der Waals surface area contributed by atoms with Crippen molar-refractivity contribution in [2.75, 3.05) is 16.8 Å². The van der Waals surface area contributed by atoms with Crippen molar-refractivity contribution in [3.05, 3.63) is 24.3 Å². The number of carbonyl (C=O) groups excluding carboxylic acids is 3. The van der Waals surface area contributed by atoms with Gasteiger partial charge in [0, 0.05) is 5.92 Å². The maximum Gasteiger partial charge on any atom is 0.408 e. The molecule has 0 bridgehead atoms. The molecule has 1 unspecified atom stereocenters. The number of rotatable bonds is 2. The van der Waals surface area contributed by atoms with E-state index in [0.29, 0.717) is 11.4 Å². The number of ether oxygens (including phenoxy) is 1. The summed E-state index contributed by atoms with van der Waals surface area (Å²) in [5.41, 5.74) is 0.472. The van der Waals surface area contributed by atoms with Crippen molar-refractivity contribution < 1.29 is 19.1 Å². The topological polar surface area (TPSA) is 87.7 Å². The minimum atomic E-state index is -0.912. The Morgan fingerprint density at radius 3 is 2.52 bits per heavy atom. The van der Waals surface area contributed by atoms with Gasteiger partial charge in [-0.2, -0.15) is 0 Å². The van der Waals surface area contributed by atoms with Crippen LogP contribution in [-0.4, -0.2) is 36.1 Å². The SMILES string of the molecule is CC(C)C(=O)N1CC(NC(=O)OC(C)(C)C)C(=O)Nc2ccccc21. The normalized spacial score (nSPS) is 17.4. The number of anilines is 2. The van der Waals surface area contributed by atoms with E-state index in [1.54, 1.807) is 58.9 Å². The summed E-state index contributed by atoms with van der Waals surface area (Å²) in [5.74, 6) is -0.763. The summed E-state index contributed by atoms with van der Waals surface area (Å²) in [7, 11) is 0. The molecule has 1 atom stereocenters. The van der Waals surface area contributed by atoms with Gasteiger partial charge in [0.15, 0.2) is 0 Å². The summed E-state index contributed by atoms with van der Waals surface area (Å²) in [6.07, 6.45) is -0.699. The highest BCUT2D eigenvalue weighted by atomic mass is 16.6. The maximum atomic E-state index is 12.6. The third kappa shape index (κ3) is 4.71. The van der Waals surface area contributed by atoms with E-state index < -0.39 is 23.6 Å². The largest absolute Gasteiger partial charge is 0.444 e. The van der Waals surface area contributed by atoms with Crippen molar-refractivity contribution in [3.8, 4) is 0 Å². The van der Waals surface area contributed by atoms with Crippen molar-refractivity contribution in [3.63, 3.8) is 0 Å². The number of para-hydroxylation sites is 2. The second-order valence-electron chi connectivity index (χ2n) is 7.31. The molecule has 0 saturated heterocycles. The molecule has 0 spiro atoms. The Morgan fingerprint density at radius 2 is 1.92 bits per heavy atom. The zero-order valence-electron chi connectivity index (χ0n) is 15.3. The number of fused-ring (bicyclic) bond motifs is 1. The van der Waals surface area contributed by atoms with Crippen molar-refractivity contribution >= 4 is 29.3 Å². The summed E-state index contributed by atoms with van der Waals surface area (Å²) >= 11 is 0. The van der Waals surface area contributed by atoms with Gasteiger partial charge in [0.2, 0.25) is 11.8 Å². The first-order chi connectivity index (χ1) is 11.6. The molecule has 2 N–H and O–H groups in total. The number of hydrogen-bond donors (Lipinski definition) is 2. The molecule has 0 radical (unpaired) electrons. The van der Waals surface area contributed by atoms with Crippen molar-refractivity contribution in [1.29, 1.82) is 0 Å². The minimum Gasteiger partial charge on any atom is -0.444 e. The first-order valence-electron chi connectivity index (χ1n) is 8.29. The van der Waals surface area contributed by atoms with Crippen LogP contribution < -0.4 is 15.5 Å². The molecular formula is C18H25N3O4. The third-order valence-corrected chi connectivity index (χ3v) is 3.59. The lowest BCUT2D eigenvalue weighted by molar-refractivity contribution is -0.121. The predicted molar refractivity (Wildman–Crippen MR) is 95.4 cm³/mol. The molecule has 1 aliphatic rings. The summed E-state index contributed by atoms with van der Waals surface area (Å²) < 4.78 is 5.22. The first-order valence-corrected chi connectivity index (χ1v) is 8.29. The van der Waals surface area contributed by atoms with Crippen LogP contribution in [0.2, 0.25) is 0 Å². The zero-order valence-corrected chi connectivity index (χ0v) is 15.3. The number of benzene rings is 1. The molecule has 0 fully saturated rings. The van der Waals surface area contributed by atoms with E-state index in [1.165, 1.54) is 4.90 Å². The van der Waals surface area contributed by atoms with Gasteiger partial charge in [0.1, 0.15) is 11.6 Å². The van der Waals surface area contributed by atoms with Gasteiger partial charge >= 0.3 is 6.09 Å². The highest BCUT2D eigenvalue weighted by Gasteiger charge is 2.33. The Morgan fingerprint density at radius 1 is 1.28 bits per heavy atom. The molecule has 1 aliphatic heterocycles. The zero-order chi connectivity index (χ0) is 18.8. The quantitative estimate of drug-likeness (QED) is 0.860. The highest BCUT2D eigenvalue weighted by Crippen LogP contribution is 2.29. The smallest absolute Gasteiger partial charge is 0.408 e. The lowest BCUT2D eigenvalue weighted by Crippen LogP contribution is -2.51. The molecule has 2 rings (SSSR count). The van der Waals surface area contributed by atoms with Gasteiger partial charge in [0.05, 0.1) is 17.9 Å². The fourth-order valence-corrected chi connectivity index (χ4v) is 2.48. The van der Waals surface area contributed by atoms with E-state index >= 15 is 0 Å². The Bertz CT molecular complexity index is 679. The van der Waals surface area contributed by atoms with Gasteiger partial charge in [-0.3, -0.25) is 9.59 Å². The fraction of sp³-hybridized carbons (Fsp3) is 0.500. The average Bonchev–Trinajstić information content (AvgIpc) is 2.62. The van der Waals surface area contributed by atoms with Crippen LogP contribution >= 0.6 is 0 Å². The molecule has 7 heteroatoms. The number of nitrogens with one attached hydrogen (secondary N) is 2. The highest BCUT2D eigenvalue weighted by molar-refractivity contribution is 6.06. The summed E-state index contributed by atoms with van der Waals surface area (Å²) in [6, 6.07) is 6.16. The number of carbonyl (C=O) groups is 3. The molecular weight excluding hydrogens is 322 g/mol. The molecule has 1 heterocycles. The number of alkyl carbamates (subject to hydrolysis) is 1. The standard InChI is InChI=1S/C18H25N3O4/c1-11(2)16(23)21-10-13(20-17(24)25-18(3,4)5)15(22)19-12-8-6-7-9-14(12)21/h6-9,11,13H,10H2,1-5H3,(H,19,22)(H,20,24). The lowest BCUT2D eigenvalue weighted by Gasteiger charge is -2.27. The number of nitrogens with zero attached hydrogens (tertiary/aromatic N) is 1. The molecule has 1 aromatic rings. The maximum absolute atomic E-state index is 12.6. The first kappa shape index (κ1) is 18.8. The molecule has 25 heavy (non-hydrogen) atoms. The average molecular weight is 347 g/mol. The van der Waals surface area contributed by atoms with E-state index in [9.17, 15) is 14.4 Å². The summed E-state index contributed by atoms with van der Waals surface area (Å²) in [6.45, 7) is 8.85. The van der Waals surface area contributed by atoms with Crippen LogP contribution in [0.3, 0.4) is 0 Å². The van der Waals surface area contributed by atoms with Gasteiger partial charge in [0.25, 0.3) is 0 Å². The Hall–Kier alpha value is -2.57. The fourth-order valence-electron chi connectivity index (χ4n) is 2.48. The summed E-state index contributed by atoms with van der Waals surface area (Å²) in [5, 5.41) is 5.32. The Balaban J connectivity index is 2.28. The summed E-state index contributed by atoms with van der Waals surface area (Å²) in [4.78, 5) is 38.7. The Labute approximate surface area is 147 Å². The van der Waals surface area contributed by atoms with Crippen LogP contribution in [-0.2, 0) is 14.3 Å². The van der Waals surface area contributed by atoms with E-state index in [0.717, 1.165) is 0 Å². The van der Waals surface area contributed by atoms with E-state index in [4.69, 9.17) is 4.74 Å². The van der Waals surface area contributed by atoms with Gasteiger partial charge in [-0.25, -0.2) is 4.79 Å². The van der Waals surface area contributed by atoms with E-state index in [1.807, 2.05) is 0 Å². The number of amides is 3. The van der Waals surface area contributed by atoms with Gasteiger partial charge in [-0.1, -0.05) is 26.0 Å². The van der Waals surface area contributed by atoms with Gasteiger partial charge < -0.3 is 20.3 Å². The van der Waals surface area contributed by atoms with Crippen LogP contribution in [0.4, 0.5) is 16.2 Å². The molecule has 7 nitrogen and oxygen atoms in total. The Kier molecular flexibility index (Phi) is 5.35. The number of hydrogen-bond acceptors (Lipinski definition) is 4. The van der Waals surface area contributed by atoms with Crippen LogP contribution in [0.25, 0.3) is 0 Å². The van der Waals surface area contributed by atoms with Gasteiger partial charge in [-0.15, -0.1) is 0 Å². The van der Waals surface area contributed by atoms with E-state index in [-0.39, 0.29) is 18.4 Å². The predicted octanol–water partition coefficient (Wildman–Crippen LogP) is 2.52. The molecule has 0 aliphatic carbocycles. The molecule has 3 amide bonds. The second-order valence-corrected chi connectivity index (χ2v) is 7.31. The van der Waals surface area contributed by atoms with Crippen molar-refractivity contribution in [1.82, 2.24) is 5.32 Å². The van der Waals surface area contributed by atoms with Crippen molar-refractivity contribution in [2.24, 2.45) is 5.92 Å². The van der Waals surface area contributed by atoms with Crippen LogP contribution in [0.5, 0.6) is 0 Å². The lowest BCUT2D eigenvalue weighted by atomic mass is 10.1. The second kappa shape index (κ2) is 7.13. The van der Waals surface area contributed by atoms with Gasteiger partial charge in [-0.05, 0) is 32.9 Å². The minimum absolute atomic E-state index is 0.0408. The van der Waals surface area contributed by atoms with Crippen LogP contribution in [0, 0.1) is 5.92 Å².